The maximum absolute atomic E-state index is 13.1. The minimum Gasteiger partial charge on any atom is -0.493 e. The fourth-order valence-corrected chi connectivity index (χ4v) is 2.14. The summed E-state index contributed by atoms with van der Waals surface area (Å²) in [4.78, 5) is 12.7. The van der Waals surface area contributed by atoms with E-state index in [9.17, 15) is 9.18 Å². The van der Waals surface area contributed by atoms with Crippen molar-refractivity contribution in [2.75, 3.05) is 7.11 Å². The van der Waals surface area contributed by atoms with Crippen molar-refractivity contribution in [2.24, 2.45) is 0 Å². The molecule has 0 amide bonds. The van der Waals surface area contributed by atoms with Crippen molar-refractivity contribution in [3.8, 4) is 5.75 Å². The summed E-state index contributed by atoms with van der Waals surface area (Å²) < 4.78 is 20.0. The lowest BCUT2D eigenvalue weighted by Crippen LogP contribution is -2.13. The molecule has 106 valence electrons. The van der Waals surface area contributed by atoms with Crippen LogP contribution in [0.25, 0.3) is 0 Å². The molecule has 0 fully saturated rings. The fourth-order valence-electron chi connectivity index (χ4n) is 2.14. The van der Waals surface area contributed by atoms with Gasteiger partial charge in [0.15, 0.2) is 11.4 Å². The monoisotopic (exact) mass is 276 g/mol. The Hall–Kier alpha value is -2.17. The highest BCUT2D eigenvalue weighted by molar-refractivity contribution is 6.10. The molecule has 1 aromatic heterocycles. The second-order valence-corrected chi connectivity index (χ2v) is 4.57. The molecule has 1 aromatic carbocycles. The lowest BCUT2D eigenvalue weighted by atomic mass is 10.0. The van der Waals surface area contributed by atoms with Crippen LogP contribution in [0.3, 0.4) is 0 Å². The Balaban J connectivity index is 2.49. The molecule has 0 aliphatic rings. The minimum atomic E-state index is -0.354. The average molecular weight is 276 g/mol. The van der Waals surface area contributed by atoms with Crippen LogP contribution >= 0.6 is 0 Å². The predicted molar refractivity (Wildman–Crippen MR) is 73.6 cm³/mol. The van der Waals surface area contributed by atoms with Crippen molar-refractivity contribution >= 4 is 5.78 Å². The zero-order valence-corrected chi connectivity index (χ0v) is 11.8. The van der Waals surface area contributed by atoms with Gasteiger partial charge in [0.2, 0.25) is 5.78 Å². The first kappa shape index (κ1) is 14.2. The number of ketones is 1. The van der Waals surface area contributed by atoms with Gasteiger partial charge in [0, 0.05) is 12.1 Å². The van der Waals surface area contributed by atoms with Gasteiger partial charge in [-0.2, -0.15) is 5.10 Å². The molecular weight excluding hydrogens is 259 g/mol. The van der Waals surface area contributed by atoms with Crippen molar-refractivity contribution in [1.29, 1.82) is 0 Å². The van der Waals surface area contributed by atoms with Crippen LogP contribution in [0, 0.1) is 12.7 Å². The number of carbonyl (C=O) groups is 1. The van der Waals surface area contributed by atoms with Gasteiger partial charge in [0.05, 0.1) is 13.3 Å². The molecule has 4 nitrogen and oxygen atoms in total. The van der Waals surface area contributed by atoms with E-state index < -0.39 is 0 Å². The van der Waals surface area contributed by atoms with Gasteiger partial charge in [-0.25, -0.2) is 4.39 Å². The zero-order valence-electron chi connectivity index (χ0n) is 11.8. The number of benzene rings is 1. The summed E-state index contributed by atoms with van der Waals surface area (Å²) in [6.07, 6.45) is 2.38. The Morgan fingerprint density at radius 2 is 2.20 bits per heavy atom. The average Bonchev–Trinajstić information content (AvgIpc) is 2.81. The van der Waals surface area contributed by atoms with Gasteiger partial charge in [-0.05, 0) is 37.1 Å². The van der Waals surface area contributed by atoms with E-state index in [0.717, 1.165) is 6.42 Å². The van der Waals surface area contributed by atoms with Crippen LogP contribution in [0.1, 0.15) is 35.0 Å². The largest absolute Gasteiger partial charge is 0.493 e. The van der Waals surface area contributed by atoms with Crippen molar-refractivity contribution in [3.63, 3.8) is 0 Å². The fraction of sp³-hybridized carbons (Fsp3) is 0.333. The minimum absolute atomic E-state index is 0.203. The first-order chi connectivity index (χ1) is 9.58. The van der Waals surface area contributed by atoms with Crippen LogP contribution in [0.4, 0.5) is 4.39 Å². The van der Waals surface area contributed by atoms with Crippen LogP contribution in [-0.2, 0) is 6.54 Å². The first-order valence-electron chi connectivity index (χ1n) is 6.49. The van der Waals surface area contributed by atoms with E-state index in [4.69, 9.17) is 4.74 Å². The van der Waals surface area contributed by atoms with Crippen LogP contribution in [0.2, 0.25) is 0 Å². The summed E-state index contributed by atoms with van der Waals surface area (Å²) in [6.45, 7) is 4.35. The standard InChI is InChI=1S/C15H17FN2O2/c1-4-7-18-14(13(20-3)9-17-18)15(19)12-6-5-11(16)8-10(12)2/h5-6,8-9H,4,7H2,1-3H3. The smallest absolute Gasteiger partial charge is 0.215 e. The number of rotatable bonds is 5. The van der Waals surface area contributed by atoms with Gasteiger partial charge in [-0.1, -0.05) is 6.92 Å². The Bertz CT molecular complexity index is 635. The summed E-state index contributed by atoms with van der Waals surface area (Å²) >= 11 is 0. The molecule has 0 unspecified atom stereocenters. The molecule has 0 atom stereocenters. The summed E-state index contributed by atoms with van der Waals surface area (Å²) in [5.41, 5.74) is 1.47. The van der Waals surface area contributed by atoms with E-state index in [0.29, 0.717) is 29.1 Å². The van der Waals surface area contributed by atoms with E-state index in [1.807, 2.05) is 6.92 Å². The Kier molecular flexibility index (Phi) is 4.17. The van der Waals surface area contributed by atoms with Crippen molar-refractivity contribution in [3.05, 3.63) is 47.0 Å². The van der Waals surface area contributed by atoms with E-state index >= 15 is 0 Å². The molecule has 0 aliphatic carbocycles. The van der Waals surface area contributed by atoms with Gasteiger partial charge in [-0.15, -0.1) is 0 Å². The third-order valence-corrected chi connectivity index (χ3v) is 3.11. The number of methoxy groups -OCH3 is 1. The highest BCUT2D eigenvalue weighted by Gasteiger charge is 2.22. The lowest BCUT2D eigenvalue weighted by Gasteiger charge is -2.09. The van der Waals surface area contributed by atoms with Crippen molar-refractivity contribution < 1.29 is 13.9 Å². The number of hydrogen-bond donors (Lipinski definition) is 0. The molecule has 0 radical (unpaired) electrons. The maximum Gasteiger partial charge on any atom is 0.215 e. The van der Waals surface area contributed by atoms with Crippen molar-refractivity contribution in [2.45, 2.75) is 26.8 Å². The third-order valence-electron chi connectivity index (χ3n) is 3.11. The quantitative estimate of drug-likeness (QED) is 0.789. The lowest BCUT2D eigenvalue weighted by molar-refractivity contribution is 0.102. The van der Waals surface area contributed by atoms with E-state index in [1.54, 1.807) is 11.6 Å². The molecule has 0 saturated carbocycles. The topological polar surface area (TPSA) is 44.1 Å². The van der Waals surface area contributed by atoms with Gasteiger partial charge in [-0.3, -0.25) is 9.48 Å². The molecule has 0 bridgehead atoms. The molecule has 0 N–H and O–H groups in total. The second kappa shape index (κ2) is 5.86. The Labute approximate surface area is 117 Å². The SMILES string of the molecule is CCCn1ncc(OC)c1C(=O)c1ccc(F)cc1C. The molecule has 0 saturated heterocycles. The van der Waals surface area contributed by atoms with Gasteiger partial charge >= 0.3 is 0 Å². The predicted octanol–water partition coefficient (Wildman–Crippen LogP) is 2.98. The zero-order chi connectivity index (χ0) is 14.7. The molecule has 0 aliphatic heterocycles. The van der Waals surface area contributed by atoms with Crippen LogP contribution < -0.4 is 4.74 Å². The number of ether oxygens (including phenoxy) is 1. The first-order valence-corrected chi connectivity index (χ1v) is 6.49. The Morgan fingerprint density at radius 3 is 2.80 bits per heavy atom. The highest BCUT2D eigenvalue weighted by Crippen LogP contribution is 2.23. The molecule has 5 heteroatoms. The number of halogens is 1. The van der Waals surface area contributed by atoms with E-state index in [-0.39, 0.29) is 11.6 Å². The van der Waals surface area contributed by atoms with Crippen molar-refractivity contribution in [1.82, 2.24) is 9.78 Å². The number of aryl methyl sites for hydroxylation is 2. The van der Waals surface area contributed by atoms with E-state index in [2.05, 4.69) is 5.10 Å². The molecule has 1 heterocycles. The molecule has 2 rings (SSSR count). The number of nitrogens with zero attached hydrogens (tertiary/aromatic N) is 2. The summed E-state index contributed by atoms with van der Waals surface area (Å²) in [5.74, 6) is -0.120. The number of carbonyl (C=O) groups excluding carboxylic acids is 1. The second-order valence-electron chi connectivity index (χ2n) is 4.57. The van der Waals surface area contributed by atoms with E-state index in [1.165, 1.54) is 31.5 Å². The number of hydrogen-bond acceptors (Lipinski definition) is 3. The maximum atomic E-state index is 13.1. The number of aromatic nitrogens is 2. The van der Waals surface area contributed by atoms with Crippen LogP contribution in [0.5, 0.6) is 5.75 Å². The van der Waals surface area contributed by atoms with Gasteiger partial charge < -0.3 is 4.74 Å². The molecule has 0 spiro atoms. The third kappa shape index (κ3) is 2.57. The summed E-state index contributed by atoms with van der Waals surface area (Å²) in [7, 11) is 1.50. The van der Waals surface area contributed by atoms with Gasteiger partial charge in [0.25, 0.3) is 0 Å². The molecular formula is C15H17FN2O2. The highest BCUT2D eigenvalue weighted by atomic mass is 19.1. The summed E-state index contributed by atoms with van der Waals surface area (Å²) in [5, 5.41) is 4.17. The Morgan fingerprint density at radius 1 is 1.45 bits per heavy atom. The normalized spacial score (nSPS) is 10.6. The summed E-state index contributed by atoms with van der Waals surface area (Å²) in [6, 6.07) is 4.13. The molecule has 2 aromatic rings. The van der Waals surface area contributed by atoms with Crippen LogP contribution in [-0.4, -0.2) is 22.7 Å². The van der Waals surface area contributed by atoms with Crippen LogP contribution in [0.15, 0.2) is 24.4 Å². The van der Waals surface area contributed by atoms with Gasteiger partial charge in [0.1, 0.15) is 5.82 Å². The molecule has 20 heavy (non-hydrogen) atoms.